The van der Waals surface area contributed by atoms with Gasteiger partial charge in [-0.2, -0.15) is 0 Å². The van der Waals surface area contributed by atoms with Crippen LogP contribution in [-0.4, -0.2) is 37.3 Å². The highest BCUT2D eigenvalue weighted by molar-refractivity contribution is 5.40. The Labute approximate surface area is 94.6 Å². The van der Waals surface area contributed by atoms with Gasteiger partial charge in [-0.15, -0.1) is 0 Å². The second-order valence-electron chi connectivity index (χ2n) is 3.94. The van der Waals surface area contributed by atoms with Crippen LogP contribution in [0.15, 0.2) is 18.2 Å². The topological polar surface area (TPSA) is 54.2 Å². The summed E-state index contributed by atoms with van der Waals surface area (Å²) >= 11 is 0. The molecule has 0 radical (unpaired) electrons. The quantitative estimate of drug-likeness (QED) is 0.774. The zero-order valence-corrected chi connectivity index (χ0v) is 9.19. The fraction of sp³-hybridized carbons (Fsp3) is 0.545. The molecule has 0 bridgehead atoms. The Morgan fingerprint density at radius 2 is 2.44 bits per heavy atom. The third-order valence-corrected chi connectivity index (χ3v) is 2.77. The average Bonchev–Trinajstić information content (AvgIpc) is 2.39. The minimum absolute atomic E-state index is 0.0860. The molecular formula is C11H17FN4. The summed E-state index contributed by atoms with van der Waals surface area (Å²) < 4.78 is 12.6. The molecule has 3 N–H and O–H groups in total. The molecule has 16 heavy (non-hydrogen) atoms. The van der Waals surface area contributed by atoms with Crippen LogP contribution in [0, 0.1) is 0 Å². The molecular weight excluding hydrogens is 207 g/mol. The van der Waals surface area contributed by atoms with Crippen LogP contribution in [0.25, 0.3) is 0 Å². The Balaban J connectivity index is 2.10. The van der Waals surface area contributed by atoms with Crippen molar-refractivity contribution in [3.8, 4) is 0 Å². The summed E-state index contributed by atoms with van der Waals surface area (Å²) in [7, 11) is 0. The molecule has 4 nitrogen and oxygen atoms in total. The number of rotatable bonds is 3. The Bertz CT molecular complexity index is 345. The maximum atomic E-state index is 12.6. The largest absolute Gasteiger partial charge is 0.354 e. The lowest BCUT2D eigenvalue weighted by Gasteiger charge is -2.33. The van der Waals surface area contributed by atoms with Crippen molar-refractivity contribution in [3.05, 3.63) is 23.9 Å². The highest BCUT2D eigenvalue weighted by Gasteiger charge is 2.19. The number of hydrogen-bond donors (Lipinski definition) is 2. The van der Waals surface area contributed by atoms with Gasteiger partial charge < -0.3 is 16.0 Å². The summed E-state index contributed by atoms with van der Waals surface area (Å²) in [6.45, 7) is 2.41. The molecule has 1 aromatic rings. The van der Waals surface area contributed by atoms with Crippen LogP contribution in [0.4, 0.5) is 10.2 Å². The average molecular weight is 224 g/mol. The smallest absolute Gasteiger partial charge is 0.128 e. The molecule has 0 spiro atoms. The molecule has 2 rings (SSSR count). The van der Waals surface area contributed by atoms with Crippen molar-refractivity contribution in [2.45, 2.75) is 12.6 Å². The van der Waals surface area contributed by atoms with E-state index in [9.17, 15) is 4.39 Å². The van der Waals surface area contributed by atoms with Crippen LogP contribution in [-0.2, 0) is 6.54 Å². The molecule has 0 aliphatic carbocycles. The highest BCUT2D eigenvalue weighted by Crippen LogP contribution is 2.13. The minimum Gasteiger partial charge on any atom is -0.354 e. The van der Waals surface area contributed by atoms with E-state index in [2.05, 4.69) is 15.2 Å². The van der Waals surface area contributed by atoms with Crippen LogP contribution in [0.1, 0.15) is 5.69 Å². The zero-order chi connectivity index (χ0) is 11.4. The van der Waals surface area contributed by atoms with E-state index in [1.165, 1.54) is 0 Å². The molecule has 1 aliphatic heterocycles. The summed E-state index contributed by atoms with van der Waals surface area (Å²) in [5.41, 5.74) is 6.42. The SMILES string of the molecule is NCc1cccc(N2CCNC(CF)C2)n1. The molecule has 0 saturated carbocycles. The van der Waals surface area contributed by atoms with Gasteiger partial charge in [0.15, 0.2) is 0 Å². The van der Waals surface area contributed by atoms with Crippen molar-refractivity contribution in [3.63, 3.8) is 0 Å². The van der Waals surface area contributed by atoms with Crippen molar-refractivity contribution in [1.82, 2.24) is 10.3 Å². The van der Waals surface area contributed by atoms with Crippen molar-refractivity contribution in [2.24, 2.45) is 5.73 Å². The molecule has 5 heteroatoms. The molecule has 1 aromatic heterocycles. The molecule has 1 unspecified atom stereocenters. The van der Waals surface area contributed by atoms with Gasteiger partial charge in [-0.3, -0.25) is 0 Å². The van der Waals surface area contributed by atoms with Gasteiger partial charge in [-0.1, -0.05) is 6.07 Å². The first-order valence-corrected chi connectivity index (χ1v) is 5.54. The van der Waals surface area contributed by atoms with Gasteiger partial charge in [-0.25, -0.2) is 9.37 Å². The monoisotopic (exact) mass is 224 g/mol. The van der Waals surface area contributed by atoms with E-state index in [1.807, 2.05) is 18.2 Å². The number of nitrogens with one attached hydrogen (secondary N) is 1. The van der Waals surface area contributed by atoms with Crippen molar-refractivity contribution < 1.29 is 4.39 Å². The number of alkyl halides is 1. The number of piperazine rings is 1. The van der Waals surface area contributed by atoms with E-state index in [0.717, 1.165) is 24.6 Å². The lowest BCUT2D eigenvalue weighted by molar-refractivity contribution is 0.352. The van der Waals surface area contributed by atoms with E-state index in [0.29, 0.717) is 13.1 Å². The standard InChI is InChI=1S/C11H17FN4/c12-6-10-8-16(5-4-14-10)11-3-1-2-9(7-13)15-11/h1-3,10,14H,4-8,13H2. The van der Waals surface area contributed by atoms with E-state index < -0.39 is 0 Å². The lowest BCUT2D eigenvalue weighted by Crippen LogP contribution is -2.52. The Morgan fingerprint density at radius 3 is 3.19 bits per heavy atom. The van der Waals surface area contributed by atoms with Gasteiger partial charge in [0.2, 0.25) is 0 Å². The number of hydrogen-bond acceptors (Lipinski definition) is 4. The molecule has 1 aliphatic rings. The maximum Gasteiger partial charge on any atom is 0.128 e. The second kappa shape index (κ2) is 5.23. The van der Waals surface area contributed by atoms with Gasteiger partial charge in [0.05, 0.1) is 11.7 Å². The van der Waals surface area contributed by atoms with Crippen LogP contribution in [0.2, 0.25) is 0 Å². The van der Waals surface area contributed by atoms with Crippen molar-refractivity contribution in [2.75, 3.05) is 31.2 Å². The molecule has 88 valence electrons. The Kier molecular flexibility index (Phi) is 3.69. The van der Waals surface area contributed by atoms with Gasteiger partial charge >= 0.3 is 0 Å². The molecule has 1 atom stereocenters. The first-order valence-electron chi connectivity index (χ1n) is 5.54. The molecule has 0 amide bonds. The first-order chi connectivity index (χ1) is 7.83. The fourth-order valence-corrected chi connectivity index (χ4v) is 1.89. The molecule has 1 fully saturated rings. The van der Waals surface area contributed by atoms with Crippen molar-refractivity contribution in [1.29, 1.82) is 0 Å². The van der Waals surface area contributed by atoms with Crippen molar-refractivity contribution >= 4 is 5.82 Å². The first kappa shape index (κ1) is 11.3. The maximum absolute atomic E-state index is 12.6. The normalized spacial score (nSPS) is 21.1. The van der Waals surface area contributed by atoms with Gasteiger partial charge in [0.25, 0.3) is 0 Å². The van der Waals surface area contributed by atoms with Gasteiger partial charge in [0, 0.05) is 26.2 Å². The summed E-state index contributed by atoms with van der Waals surface area (Å²) in [4.78, 5) is 6.53. The predicted octanol–water partition coefficient (Wildman–Crippen LogP) is 0.288. The Morgan fingerprint density at radius 1 is 1.56 bits per heavy atom. The van der Waals surface area contributed by atoms with E-state index in [-0.39, 0.29) is 12.7 Å². The molecule has 0 aromatic carbocycles. The summed E-state index contributed by atoms with van der Waals surface area (Å²) in [5, 5.41) is 3.13. The number of halogens is 1. The fourth-order valence-electron chi connectivity index (χ4n) is 1.89. The number of pyridine rings is 1. The number of aromatic nitrogens is 1. The third kappa shape index (κ3) is 2.48. The minimum atomic E-state index is -0.340. The van der Waals surface area contributed by atoms with Gasteiger partial charge in [0.1, 0.15) is 12.5 Å². The number of nitrogens with zero attached hydrogens (tertiary/aromatic N) is 2. The number of anilines is 1. The van der Waals surface area contributed by atoms with E-state index in [1.54, 1.807) is 0 Å². The van der Waals surface area contributed by atoms with E-state index in [4.69, 9.17) is 5.73 Å². The summed E-state index contributed by atoms with van der Waals surface area (Å²) in [6, 6.07) is 5.70. The highest BCUT2D eigenvalue weighted by atomic mass is 19.1. The second-order valence-corrected chi connectivity index (χ2v) is 3.94. The zero-order valence-electron chi connectivity index (χ0n) is 9.19. The summed E-state index contributed by atoms with van der Waals surface area (Å²) in [5.74, 6) is 0.892. The predicted molar refractivity (Wildman–Crippen MR) is 62.1 cm³/mol. The lowest BCUT2D eigenvalue weighted by atomic mass is 10.2. The molecule has 1 saturated heterocycles. The third-order valence-electron chi connectivity index (χ3n) is 2.77. The van der Waals surface area contributed by atoms with E-state index >= 15 is 0 Å². The van der Waals surface area contributed by atoms with Crippen LogP contribution >= 0.6 is 0 Å². The van der Waals surface area contributed by atoms with Crippen LogP contribution < -0.4 is 16.0 Å². The number of nitrogens with two attached hydrogens (primary N) is 1. The summed E-state index contributed by atoms with van der Waals surface area (Å²) in [6.07, 6.45) is 0. The van der Waals surface area contributed by atoms with Crippen LogP contribution in [0.5, 0.6) is 0 Å². The van der Waals surface area contributed by atoms with Gasteiger partial charge in [-0.05, 0) is 12.1 Å². The van der Waals surface area contributed by atoms with Crippen LogP contribution in [0.3, 0.4) is 0 Å². The Hall–Kier alpha value is -1.20. The molecule has 2 heterocycles.